The van der Waals surface area contributed by atoms with Crippen molar-refractivity contribution in [3.63, 3.8) is 0 Å². The van der Waals surface area contributed by atoms with Crippen LogP contribution < -0.4 is 10.6 Å². The second-order valence-corrected chi connectivity index (χ2v) is 9.14. The lowest BCUT2D eigenvalue weighted by atomic mass is 10.1. The number of nitrogens with zero attached hydrogens (tertiary/aromatic N) is 2. The average molecular weight is 392 g/mol. The van der Waals surface area contributed by atoms with Gasteiger partial charge in [0.1, 0.15) is 23.0 Å². The van der Waals surface area contributed by atoms with Crippen LogP contribution in [0, 0.1) is 18.3 Å². The first-order chi connectivity index (χ1) is 13.5. The summed E-state index contributed by atoms with van der Waals surface area (Å²) in [5.74, 6) is -0.0843. The lowest BCUT2D eigenvalue weighted by Crippen LogP contribution is -2.55. The number of aryl methyl sites for hydroxylation is 1. The van der Waals surface area contributed by atoms with Crippen molar-refractivity contribution in [1.82, 2.24) is 15.6 Å². The van der Waals surface area contributed by atoms with E-state index in [0.29, 0.717) is 17.7 Å². The Hall–Kier alpha value is -2.79. The molecule has 0 amide bonds. The highest BCUT2D eigenvalue weighted by atomic mass is 32.2. The van der Waals surface area contributed by atoms with E-state index in [1.807, 2.05) is 31.2 Å². The quantitative estimate of drug-likeness (QED) is 0.711. The van der Waals surface area contributed by atoms with E-state index in [0.717, 1.165) is 16.3 Å². The van der Waals surface area contributed by atoms with Crippen LogP contribution >= 0.6 is 0 Å². The fraction of sp³-hybridized carbons (Fsp3) is 0.238. The van der Waals surface area contributed by atoms with Crippen molar-refractivity contribution in [2.75, 3.05) is 5.88 Å². The van der Waals surface area contributed by atoms with Gasteiger partial charge in [-0.05, 0) is 35.6 Å². The molecule has 2 heterocycles. The summed E-state index contributed by atoms with van der Waals surface area (Å²) in [6, 6.07) is 17.4. The molecular weight excluding hydrogens is 372 g/mol. The van der Waals surface area contributed by atoms with E-state index in [-0.39, 0.29) is 12.0 Å². The van der Waals surface area contributed by atoms with E-state index in [1.54, 1.807) is 24.4 Å². The summed E-state index contributed by atoms with van der Waals surface area (Å²) in [5, 5.41) is 16.2. The Balaban J connectivity index is 1.65. The highest BCUT2D eigenvalue weighted by molar-refractivity contribution is 7.91. The molecule has 0 bridgehead atoms. The summed E-state index contributed by atoms with van der Waals surface area (Å²) in [5.41, 5.74) is 3.32. The minimum atomic E-state index is -3.40. The average Bonchev–Trinajstić information content (AvgIpc) is 2.68. The van der Waals surface area contributed by atoms with Crippen molar-refractivity contribution < 1.29 is 8.42 Å². The van der Waals surface area contributed by atoms with Gasteiger partial charge in [0, 0.05) is 18.0 Å². The number of fused-ring (bicyclic) bond motifs is 1. The number of benzene rings is 2. The molecule has 0 spiro atoms. The fourth-order valence-electron chi connectivity index (χ4n) is 3.60. The maximum atomic E-state index is 12.7. The molecule has 2 aromatic carbocycles. The molecule has 0 aliphatic carbocycles. The van der Waals surface area contributed by atoms with E-state index in [4.69, 9.17) is 0 Å². The van der Waals surface area contributed by atoms with Crippen LogP contribution in [-0.2, 0) is 16.3 Å². The summed E-state index contributed by atoms with van der Waals surface area (Å²) >= 11 is 0. The molecule has 7 heteroatoms. The monoisotopic (exact) mass is 392 g/mol. The van der Waals surface area contributed by atoms with Crippen molar-refractivity contribution in [1.29, 1.82) is 5.26 Å². The molecule has 6 nitrogen and oxygen atoms in total. The van der Waals surface area contributed by atoms with Crippen molar-refractivity contribution in [3.8, 4) is 6.07 Å². The normalized spacial score (nSPS) is 21.3. The SMILES string of the molecule is Cc1cccc(CC2NCS(=O)(=O)C(c3ccc4c(C#N)nccc4c3)N2)c1. The standard InChI is InChI=1S/C21H20N4O2S/c1-14-3-2-4-15(9-14)10-20-24-13-28(26,27)21(25-20)17-5-6-18-16(11-17)7-8-23-19(18)12-22/h2-9,11,20-21,24-25H,10,13H2,1H3. The van der Waals surface area contributed by atoms with Crippen molar-refractivity contribution in [2.45, 2.75) is 24.9 Å². The highest BCUT2D eigenvalue weighted by Gasteiger charge is 2.34. The van der Waals surface area contributed by atoms with Gasteiger partial charge in [-0.25, -0.2) is 13.4 Å². The van der Waals surface area contributed by atoms with Gasteiger partial charge >= 0.3 is 0 Å². The maximum Gasteiger partial charge on any atom is 0.183 e. The molecule has 1 aromatic heterocycles. The minimum Gasteiger partial charge on any atom is -0.288 e. The van der Waals surface area contributed by atoms with Crippen LogP contribution in [-0.4, -0.2) is 25.4 Å². The zero-order valence-electron chi connectivity index (χ0n) is 15.4. The van der Waals surface area contributed by atoms with Gasteiger partial charge in [-0.15, -0.1) is 0 Å². The number of nitriles is 1. The van der Waals surface area contributed by atoms with Gasteiger partial charge in [0.25, 0.3) is 0 Å². The van der Waals surface area contributed by atoms with Crippen molar-refractivity contribution in [3.05, 3.63) is 77.1 Å². The lowest BCUT2D eigenvalue weighted by molar-refractivity contribution is 0.396. The Morgan fingerprint density at radius 1 is 1.21 bits per heavy atom. The number of pyridine rings is 1. The Labute approximate surface area is 164 Å². The van der Waals surface area contributed by atoms with Crippen LogP contribution in [0.5, 0.6) is 0 Å². The van der Waals surface area contributed by atoms with Crippen LogP contribution in [0.4, 0.5) is 0 Å². The molecule has 2 atom stereocenters. The third-order valence-electron chi connectivity index (χ3n) is 4.96. The zero-order chi connectivity index (χ0) is 19.7. The second kappa shape index (κ2) is 7.32. The van der Waals surface area contributed by atoms with E-state index >= 15 is 0 Å². The first-order valence-corrected chi connectivity index (χ1v) is 10.7. The fourth-order valence-corrected chi connectivity index (χ4v) is 5.14. The van der Waals surface area contributed by atoms with Crippen LogP contribution in [0.25, 0.3) is 10.8 Å². The number of rotatable bonds is 3. The summed E-state index contributed by atoms with van der Waals surface area (Å²) in [6.45, 7) is 2.04. The third-order valence-corrected chi connectivity index (χ3v) is 6.66. The van der Waals surface area contributed by atoms with Gasteiger partial charge in [-0.2, -0.15) is 5.26 Å². The van der Waals surface area contributed by atoms with Gasteiger partial charge in [-0.3, -0.25) is 10.6 Å². The Kier molecular flexibility index (Phi) is 4.85. The molecule has 0 radical (unpaired) electrons. The van der Waals surface area contributed by atoms with E-state index in [2.05, 4.69) is 27.8 Å². The van der Waals surface area contributed by atoms with Gasteiger partial charge < -0.3 is 0 Å². The molecule has 142 valence electrons. The molecule has 1 saturated heterocycles. The molecule has 1 fully saturated rings. The molecule has 2 unspecified atom stereocenters. The van der Waals surface area contributed by atoms with Crippen molar-refractivity contribution in [2.24, 2.45) is 0 Å². The Bertz CT molecular complexity index is 1180. The van der Waals surface area contributed by atoms with Crippen LogP contribution in [0.3, 0.4) is 0 Å². The van der Waals surface area contributed by atoms with Crippen LogP contribution in [0.15, 0.2) is 54.7 Å². The summed E-state index contributed by atoms with van der Waals surface area (Å²) < 4.78 is 25.4. The lowest BCUT2D eigenvalue weighted by Gasteiger charge is -2.32. The molecule has 1 aliphatic heterocycles. The van der Waals surface area contributed by atoms with E-state index < -0.39 is 15.2 Å². The smallest absolute Gasteiger partial charge is 0.183 e. The number of hydrogen-bond acceptors (Lipinski definition) is 6. The molecule has 4 rings (SSSR count). The predicted octanol–water partition coefficient (Wildman–Crippen LogP) is 2.55. The molecule has 1 aliphatic rings. The topological polar surface area (TPSA) is 94.9 Å². The number of aromatic nitrogens is 1. The maximum absolute atomic E-state index is 12.7. The van der Waals surface area contributed by atoms with Crippen molar-refractivity contribution >= 4 is 20.6 Å². The molecule has 0 saturated carbocycles. The Morgan fingerprint density at radius 2 is 2.07 bits per heavy atom. The number of sulfone groups is 1. The van der Waals surface area contributed by atoms with Gasteiger partial charge in [-0.1, -0.05) is 42.0 Å². The molecular formula is C21H20N4O2S. The Morgan fingerprint density at radius 3 is 2.86 bits per heavy atom. The second-order valence-electron chi connectivity index (χ2n) is 7.06. The van der Waals surface area contributed by atoms with Crippen LogP contribution in [0.2, 0.25) is 0 Å². The number of hydrogen-bond donors (Lipinski definition) is 2. The third kappa shape index (κ3) is 3.62. The van der Waals surface area contributed by atoms with E-state index in [1.165, 1.54) is 5.56 Å². The summed E-state index contributed by atoms with van der Waals surface area (Å²) in [6.07, 6.45) is 2.09. The van der Waals surface area contributed by atoms with Crippen LogP contribution in [0.1, 0.15) is 27.8 Å². The van der Waals surface area contributed by atoms with E-state index in [9.17, 15) is 13.7 Å². The van der Waals surface area contributed by atoms with Gasteiger partial charge in [0.2, 0.25) is 0 Å². The first-order valence-electron chi connectivity index (χ1n) is 9.01. The molecule has 28 heavy (non-hydrogen) atoms. The zero-order valence-corrected chi connectivity index (χ0v) is 16.2. The summed E-state index contributed by atoms with van der Waals surface area (Å²) in [7, 11) is -3.40. The van der Waals surface area contributed by atoms with Gasteiger partial charge in [0.05, 0.1) is 6.17 Å². The largest absolute Gasteiger partial charge is 0.288 e. The first kappa shape index (κ1) is 18.6. The number of nitrogens with one attached hydrogen (secondary N) is 2. The molecule has 2 N–H and O–H groups in total. The highest BCUT2D eigenvalue weighted by Crippen LogP contribution is 2.27. The van der Waals surface area contributed by atoms with Gasteiger partial charge in [0.15, 0.2) is 9.84 Å². The predicted molar refractivity (Wildman–Crippen MR) is 108 cm³/mol. The minimum absolute atomic E-state index is 0.0843. The summed E-state index contributed by atoms with van der Waals surface area (Å²) in [4.78, 5) is 4.06. The molecule has 3 aromatic rings.